The summed E-state index contributed by atoms with van der Waals surface area (Å²) in [5.74, 6) is 2.05. The second-order valence-corrected chi connectivity index (χ2v) is 4.81. The fourth-order valence-corrected chi connectivity index (χ4v) is 2.86. The van der Waals surface area contributed by atoms with Gasteiger partial charge in [0.2, 0.25) is 0 Å². The molecule has 0 bridgehead atoms. The molecule has 3 heteroatoms. The van der Waals surface area contributed by atoms with Crippen molar-refractivity contribution in [1.82, 2.24) is 4.90 Å². The van der Waals surface area contributed by atoms with Gasteiger partial charge in [0.05, 0.1) is 0 Å². The molecule has 0 aromatic carbocycles. The monoisotopic (exact) mass is 222 g/mol. The average Bonchev–Trinajstić information content (AvgIpc) is 2.83. The minimum absolute atomic E-state index is 0.425. The lowest BCUT2D eigenvalue weighted by atomic mass is 10.1. The van der Waals surface area contributed by atoms with Gasteiger partial charge in [0.1, 0.15) is 11.5 Å². The number of rotatable bonds is 3. The van der Waals surface area contributed by atoms with Gasteiger partial charge in [-0.1, -0.05) is 0 Å². The molecule has 90 valence electrons. The topological polar surface area (TPSA) is 42.4 Å². The average molecular weight is 222 g/mol. The lowest BCUT2D eigenvalue weighted by Gasteiger charge is -2.29. The molecule has 3 nitrogen and oxygen atoms in total. The van der Waals surface area contributed by atoms with Crippen LogP contribution in [0.1, 0.15) is 42.9 Å². The van der Waals surface area contributed by atoms with Crippen molar-refractivity contribution in [2.24, 2.45) is 5.73 Å². The van der Waals surface area contributed by atoms with Crippen LogP contribution in [0.25, 0.3) is 0 Å². The molecule has 1 aliphatic rings. The number of furan rings is 1. The van der Waals surface area contributed by atoms with Crippen LogP contribution < -0.4 is 5.73 Å². The molecule has 0 saturated carbocycles. The largest absolute Gasteiger partial charge is 0.466 e. The Morgan fingerprint density at radius 1 is 1.56 bits per heavy atom. The van der Waals surface area contributed by atoms with Crippen LogP contribution in [0.15, 0.2) is 10.5 Å². The van der Waals surface area contributed by atoms with Gasteiger partial charge in [0.25, 0.3) is 0 Å². The Labute approximate surface area is 97.6 Å². The Hall–Kier alpha value is -0.800. The smallest absolute Gasteiger partial charge is 0.105 e. The SMILES string of the molecule is Cc1cc(C(C)N2CCCC2CN)c(C)o1. The summed E-state index contributed by atoms with van der Waals surface area (Å²) in [4.78, 5) is 2.51. The molecule has 0 aliphatic carbocycles. The van der Waals surface area contributed by atoms with E-state index in [0.29, 0.717) is 12.1 Å². The minimum Gasteiger partial charge on any atom is -0.466 e. The molecule has 1 aromatic rings. The van der Waals surface area contributed by atoms with Gasteiger partial charge in [-0.05, 0) is 46.2 Å². The van der Waals surface area contributed by atoms with E-state index in [0.717, 1.165) is 24.6 Å². The highest BCUT2D eigenvalue weighted by Gasteiger charge is 2.29. The second-order valence-electron chi connectivity index (χ2n) is 4.81. The molecular formula is C13H22N2O. The Balaban J connectivity index is 2.18. The first-order valence-electron chi connectivity index (χ1n) is 6.16. The van der Waals surface area contributed by atoms with Crippen molar-refractivity contribution in [2.75, 3.05) is 13.1 Å². The number of hydrogen-bond donors (Lipinski definition) is 1. The molecule has 0 spiro atoms. The molecule has 1 fully saturated rings. The predicted octanol–water partition coefficient (Wildman–Crippen LogP) is 2.38. The van der Waals surface area contributed by atoms with Gasteiger partial charge >= 0.3 is 0 Å². The van der Waals surface area contributed by atoms with Crippen LogP contribution >= 0.6 is 0 Å². The summed E-state index contributed by atoms with van der Waals surface area (Å²) >= 11 is 0. The fraction of sp³-hybridized carbons (Fsp3) is 0.692. The van der Waals surface area contributed by atoms with Crippen LogP contribution in [0.3, 0.4) is 0 Å². The van der Waals surface area contributed by atoms with E-state index in [1.54, 1.807) is 0 Å². The molecule has 2 unspecified atom stereocenters. The highest BCUT2D eigenvalue weighted by molar-refractivity contribution is 5.24. The molecule has 0 amide bonds. The fourth-order valence-electron chi connectivity index (χ4n) is 2.86. The van der Waals surface area contributed by atoms with Crippen molar-refractivity contribution >= 4 is 0 Å². The van der Waals surface area contributed by atoms with E-state index >= 15 is 0 Å². The highest BCUT2D eigenvalue weighted by atomic mass is 16.3. The zero-order valence-corrected chi connectivity index (χ0v) is 10.5. The van der Waals surface area contributed by atoms with Gasteiger partial charge in [0, 0.05) is 24.2 Å². The normalized spacial score (nSPS) is 23.9. The van der Waals surface area contributed by atoms with Crippen LogP contribution in [0, 0.1) is 13.8 Å². The van der Waals surface area contributed by atoms with E-state index in [-0.39, 0.29) is 0 Å². The lowest BCUT2D eigenvalue weighted by molar-refractivity contribution is 0.195. The summed E-state index contributed by atoms with van der Waals surface area (Å²) in [6.45, 7) is 8.23. The molecule has 2 atom stereocenters. The number of likely N-dealkylation sites (tertiary alicyclic amines) is 1. The van der Waals surface area contributed by atoms with E-state index in [1.165, 1.54) is 18.4 Å². The molecule has 2 rings (SSSR count). The first-order valence-corrected chi connectivity index (χ1v) is 6.16. The summed E-state index contributed by atoms with van der Waals surface area (Å²) in [6.07, 6.45) is 2.50. The van der Waals surface area contributed by atoms with Crippen LogP contribution in [-0.2, 0) is 0 Å². The first-order chi connectivity index (χ1) is 7.63. The minimum atomic E-state index is 0.425. The maximum atomic E-state index is 5.82. The van der Waals surface area contributed by atoms with E-state index in [4.69, 9.17) is 10.2 Å². The zero-order valence-electron chi connectivity index (χ0n) is 10.5. The van der Waals surface area contributed by atoms with Crippen molar-refractivity contribution < 1.29 is 4.42 Å². The van der Waals surface area contributed by atoms with Crippen molar-refractivity contribution in [3.05, 3.63) is 23.2 Å². The number of nitrogens with two attached hydrogens (primary N) is 1. The van der Waals surface area contributed by atoms with Crippen LogP contribution in [-0.4, -0.2) is 24.0 Å². The molecule has 2 heterocycles. The molecule has 1 aromatic heterocycles. The molecule has 2 N–H and O–H groups in total. The van der Waals surface area contributed by atoms with E-state index < -0.39 is 0 Å². The molecule has 1 saturated heterocycles. The predicted molar refractivity (Wildman–Crippen MR) is 65.4 cm³/mol. The molecular weight excluding hydrogens is 200 g/mol. The molecule has 0 radical (unpaired) electrons. The van der Waals surface area contributed by atoms with Gasteiger partial charge in [-0.3, -0.25) is 4.90 Å². The standard InChI is InChI=1S/C13H22N2O/c1-9-7-13(11(3)16-9)10(2)15-6-4-5-12(15)8-14/h7,10,12H,4-6,8,14H2,1-3H3. The maximum Gasteiger partial charge on any atom is 0.105 e. The summed E-state index contributed by atoms with van der Waals surface area (Å²) in [6, 6.07) is 3.13. The summed E-state index contributed by atoms with van der Waals surface area (Å²) in [7, 11) is 0. The van der Waals surface area contributed by atoms with Crippen LogP contribution in [0.2, 0.25) is 0 Å². The third kappa shape index (κ3) is 2.02. The van der Waals surface area contributed by atoms with Crippen LogP contribution in [0.5, 0.6) is 0 Å². The summed E-state index contributed by atoms with van der Waals surface area (Å²) in [5.41, 5.74) is 7.14. The van der Waals surface area contributed by atoms with Gasteiger partial charge < -0.3 is 10.2 Å². The van der Waals surface area contributed by atoms with E-state index in [2.05, 4.69) is 17.9 Å². The number of nitrogens with zero attached hydrogens (tertiary/aromatic N) is 1. The molecule has 1 aliphatic heterocycles. The van der Waals surface area contributed by atoms with Crippen LogP contribution in [0.4, 0.5) is 0 Å². The summed E-state index contributed by atoms with van der Waals surface area (Å²) < 4.78 is 5.61. The quantitative estimate of drug-likeness (QED) is 0.853. The number of aryl methyl sites for hydroxylation is 2. The molecule has 16 heavy (non-hydrogen) atoms. The third-order valence-electron chi connectivity index (χ3n) is 3.72. The van der Waals surface area contributed by atoms with Gasteiger partial charge in [-0.15, -0.1) is 0 Å². The zero-order chi connectivity index (χ0) is 11.7. The van der Waals surface area contributed by atoms with Crippen molar-refractivity contribution in [3.63, 3.8) is 0 Å². The van der Waals surface area contributed by atoms with E-state index in [9.17, 15) is 0 Å². The second kappa shape index (κ2) is 4.60. The van der Waals surface area contributed by atoms with Crippen molar-refractivity contribution in [3.8, 4) is 0 Å². The Morgan fingerprint density at radius 3 is 2.88 bits per heavy atom. The van der Waals surface area contributed by atoms with E-state index in [1.807, 2.05) is 13.8 Å². The Morgan fingerprint density at radius 2 is 2.31 bits per heavy atom. The highest BCUT2D eigenvalue weighted by Crippen LogP contribution is 2.31. The summed E-state index contributed by atoms with van der Waals surface area (Å²) in [5, 5.41) is 0. The van der Waals surface area contributed by atoms with Gasteiger partial charge in [-0.2, -0.15) is 0 Å². The maximum absolute atomic E-state index is 5.82. The Kier molecular flexibility index (Phi) is 3.36. The van der Waals surface area contributed by atoms with Gasteiger partial charge in [0.15, 0.2) is 0 Å². The van der Waals surface area contributed by atoms with Crippen molar-refractivity contribution in [2.45, 2.75) is 45.7 Å². The number of hydrogen-bond acceptors (Lipinski definition) is 3. The third-order valence-corrected chi connectivity index (χ3v) is 3.72. The van der Waals surface area contributed by atoms with Crippen molar-refractivity contribution in [1.29, 1.82) is 0 Å². The first kappa shape index (κ1) is 11.7. The lowest BCUT2D eigenvalue weighted by Crippen LogP contribution is -2.37. The Bertz CT molecular complexity index is 359. The van der Waals surface area contributed by atoms with Gasteiger partial charge in [-0.25, -0.2) is 0 Å².